The normalized spacial score (nSPS) is 15.8. The van der Waals surface area contributed by atoms with Crippen LogP contribution in [0.5, 0.6) is 0 Å². The third-order valence-corrected chi connectivity index (χ3v) is 3.97. The van der Waals surface area contributed by atoms with E-state index < -0.39 is 0 Å². The minimum atomic E-state index is 0.795. The Morgan fingerprint density at radius 1 is 1.43 bits per heavy atom. The fraction of sp³-hybridized carbons (Fsp3) is 0.455. The number of nitrogens with two attached hydrogens (primary N) is 1. The maximum absolute atomic E-state index is 6.05. The molecule has 3 heteroatoms. The topological polar surface area (TPSA) is 26.0 Å². The molecule has 0 heterocycles. The van der Waals surface area contributed by atoms with Crippen LogP contribution in [-0.4, -0.2) is 5.75 Å². The zero-order valence-electron chi connectivity index (χ0n) is 8.00. The summed E-state index contributed by atoms with van der Waals surface area (Å²) >= 11 is 7.87. The zero-order valence-corrected chi connectivity index (χ0v) is 9.57. The summed E-state index contributed by atoms with van der Waals surface area (Å²) in [6.07, 6.45) is 4.16. The van der Waals surface area contributed by atoms with Gasteiger partial charge in [0.2, 0.25) is 0 Å². The minimum absolute atomic E-state index is 0.795. The average Bonchev–Trinajstić information content (AvgIpc) is 2.95. The second kappa shape index (κ2) is 4.45. The van der Waals surface area contributed by atoms with Crippen molar-refractivity contribution in [1.82, 2.24) is 0 Å². The van der Waals surface area contributed by atoms with Crippen LogP contribution in [0.15, 0.2) is 23.1 Å². The molecule has 1 aliphatic carbocycles. The maximum Gasteiger partial charge on any atom is 0.0543 e. The van der Waals surface area contributed by atoms with Gasteiger partial charge in [0.1, 0.15) is 0 Å². The van der Waals surface area contributed by atoms with Crippen molar-refractivity contribution < 1.29 is 0 Å². The van der Waals surface area contributed by atoms with Gasteiger partial charge in [-0.1, -0.05) is 24.4 Å². The van der Waals surface area contributed by atoms with Gasteiger partial charge in [-0.2, -0.15) is 0 Å². The molecule has 1 saturated carbocycles. The summed E-state index contributed by atoms with van der Waals surface area (Å²) in [5.74, 6) is 2.15. The molecule has 1 aromatic carbocycles. The number of anilines is 1. The summed E-state index contributed by atoms with van der Waals surface area (Å²) in [6, 6.07) is 5.67. The largest absolute Gasteiger partial charge is 0.399 e. The molecule has 0 aliphatic heterocycles. The molecular formula is C11H14ClNS. The molecule has 1 aromatic rings. The van der Waals surface area contributed by atoms with Gasteiger partial charge in [0, 0.05) is 10.6 Å². The van der Waals surface area contributed by atoms with Gasteiger partial charge in [0.25, 0.3) is 0 Å². The lowest BCUT2D eigenvalue weighted by molar-refractivity contribution is 0.809. The molecule has 0 radical (unpaired) electrons. The molecule has 2 N–H and O–H groups in total. The molecule has 1 nitrogen and oxygen atoms in total. The van der Waals surface area contributed by atoms with E-state index in [4.69, 9.17) is 17.3 Å². The number of rotatable bonds is 4. The molecule has 0 aromatic heterocycles. The summed E-state index contributed by atoms with van der Waals surface area (Å²) in [5, 5.41) is 0.819. The van der Waals surface area contributed by atoms with E-state index in [0.29, 0.717) is 0 Å². The van der Waals surface area contributed by atoms with Crippen LogP contribution < -0.4 is 5.73 Å². The van der Waals surface area contributed by atoms with Gasteiger partial charge < -0.3 is 5.73 Å². The Kier molecular flexibility index (Phi) is 3.24. The molecule has 76 valence electrons. The van der Waals surface area contributed by atoms with E-state index in [-0.39, 0.29) is 0 Å². The Morgan fingerprint density at radius 3 is 2.93 bits per heavy atom. The van der Waals surface area contributed by atoms with E-state index in [9.17, 15) is 0 Å². The molecule has 0 atom stereocenters. The third kappa shape index (κ3) is 2.82. The van der Waals surface area contributed by atoms with E-state index in [1.807, 2.05) is 30.0 Å². The predicted molar refractivity (Wildman–Crippen MR) is 63.9 cm³/mol. The number of hydrogen-bond donors (Lipinski definition) is 1. The zero-order chi connectivity index (χ0) is 9.97. The van der Waals surface area contributed by atoms with Crippen molar-refractivity contribution in [2.45, 2.75) is 24.2 Å². The highest BCUT2D eigenvalue weighted by Crippen LogP contribution is 2.36. The predicted octanol–water partition coefficient (Wildman–Crippen LogP) is 3.81. The Labute approximate surface area is 94.0 Å². The Morgan fingerprint density at radius 2 is 2.21 bits per heavy atom. The van der Waals surface area contributed by atoms with Crippen molar-refractivity contribution in [1.29, 1.82) is 0 Å². The first-order valence-electron chi connectivity index (χ1n) is 4.93. The lowest BCUT2D eigenvalue weighted by Gasteiger charge is -2.04. The van der Waals surface area contributed by atoms with Crippen LogP contribution in [0, 0.1) is 5.92 Å². The second-order valence-corrected chi connectivity index (χ2v) is 5.31. The quantitative estimate of drug-likeness (QED) is 0.625. The SMILES string of the molecule is Nc1ccc(Cl)c(SCCC2CC2)c1. The summed E-state index contributed by atoms with van der Waals surface area (Å²) < 4.78 is 0. The molecular weight excluding hydrogens is 214 g/mol. The van der Waals surface area contributed by atoms with Gasteiger partial charge in [-0.05, 0) is 36.3 Å². The summed E-state index contributed by atoms with van der Waals surface area (Å²) in [5.41, 5.74) is 6.49. The van der Waals surface area contributed by atoms with E-state index >= 15 is 0 Å². The number of hydrogen-bond acceptors (Lipinski definition) is 2. The molecule has 1 fully saturated rings. The number of benzene rings is 1. The number of thioether (sulfide) groups is 1. The van der Waals surface area contributed by atoms with Crippen LogP contribution in [-0.2, 0) is 0 Å². The monoisotopic (exact) mass is 227 g/mol. The van der Waals surface area contributed by atoms with E-state index in [0.717, 1.165) is 27.3 Å². The Hall–Kier alpha value is -0.340. The summed E-state index contributed by atoms with van der Waals surface area (Å²) in [6.45, 7) is 0. The Bertz CT molecular complexity index is 323. The fourth-order valence-corrected chi connectivity index (χ4v) is 2.75. The molecule has 0 bridgehead atoms. The third-order valence-electron chi connectivity index (χ3n) is 2.44. The molecule has 2 rings (SSSR count). The van der Waals surface area contributed by atoms with Crippen LogP contribution in [0.25, 0.3) is 0 Å². The minimum Gasteiger partial charge on any atom is -0.399 e. The van der Waals surface area contributed by atoms with Crippen molar-refractivity contribution in [2.75, 3.05) is 11.5 Å². The van der Waals surface area contributed by atoms with Crippen LogP contribution in [0.2, 0.25) is 5.02 Å². The van der Waals surface area contributed by atoms with Crippen LogP contribution in [0.3, 0.4) is 0 Å². The number of nitrogen functional groups attached to an aromatic ring is 1. The second-order valence-electron chi connectivity index (χ2n) is 3.77. The summed E-state index contributed by atoms with van der Waals surface area (Å²) in [4.78, 5) is 1.12. The lowest BCUT2D eigenvalue weighted by atomic mass is 10.3. The van der Waals surface area contributed by atoms with Gasteiger partial charge in [0.15, 0.2) is 0 Å². The first kappa shape index (κ1) is 10.2. The van der Waals surface area contributed by atoms with Gasteiger partial charge in [0.05, 0.1) is 5.02 Å². The Balaban J connectivity index is 1.89. The fourth-order valence-electron chi connectivity index (χ4n) is 1.37. The summed E-state index contributed by atoms with van der Waals surface area (Å²) in [7, 11) is 0. The van der Waals surface area contributed by atoms with Crippen LogP contribution >= 0.6 is 23.4 Å². The van der Waals surface area contributed by atoms with Crippen molar-refractivity contribution in [3.05, 3.63) is 23.2 Å². The van der Waals surface area contributed by atoms with Gasteiger partial charge in [-0.25, -0.2) is 0 Å². The van der Waals surface area contributed by atoms with Crippen molar-refractivity contribution in [3.8, 4) is 0 Å². The number of halogens is 1. The first-order chi connectivity index (χ1) is 6.75. The standard InChI is InChI=1S/C11H14ClNS/c12-10-4-3-9(13)7-11(10)14-6-5-8-1-2-8/h3-4,7-8H,1-2,5-6,13H2. The maximum atomic E-state index is 6.05. The van der Waals surface area contributed by atoms with Gasteiger partial charge in [-0.15, -0.1) is 11.8 Å². The van der Waals surface area contributed by atoms with E-state index in [1.165, 1.54) is 19.3 Å². The van der Waals surface area contributed by atoms with Crippen molar-refractivity contribution in [3.63, 3.8) is 0 Å². The molecule has 1 aliphatic rings. The molecule has 0 spiro atoms. The molecule has 0 amide bonds. The van der Waals surface area contributed by atoms with E-state index in [1.54, 1.807) is 0 Å². The first-order valence-corrected chi connectivity index (χ1v) is 6.30. The molecule has 14 heavy (non-hydrogen) atoms. The van der Waals surface area contributed by atoms with Crippen LogP contribution in [0.4, 0.5) is 5.69 Å². The average molecular weight is 228 g/mol. The van der Waals surface area contributed by atoms with Crippen molar-refractivity contribution in [2.24, 2.45) is 5.92 Å². The molecule has 0 unspecified atom stereocenters. The highest BCUT2D eigenvalue weighted by molar-refractivity contribution is 7.99. The smallest absolute Gasteiger partial charge is 0.0543 e. The van der Waals surface area contributed by atoms with Gasteiger partial charge >= 0.3 is 0 Å². The van der Waals surface area contributed by atoms with E-state index in [2.05, 4.69) is 0 Å². The van der Waals surface area contributed by atoms with Crippen molar-refractivity contribution >= 4 is 29.1 Å². The van der Waals surface area contributed by atoms with Crippen LogP contribution in [0.1, 0.15) is 19.3 Å². The van der Waals surface area contributed by atoms with Gasteiger partial charge in [-0.3, -0.25) is 0 Å². The highest BCUT2D eigenvalue weighted by atomic mass is 35.5. The molecule has 0 saturated heterocycles. The lowest BCUT2D eigenvalue weighted by Crippen LogP contribution is -1.87. The highest BCUT2D eigenvalue weighted by Gasteiger charge is 2.20.